The lowest BCUT2D eigenvalue weighted by molar-refractivity contribution is 0.0214. The molecule has 0 bridgehead atoms. The van der Waals surface area contributed by atoms with Crippen LogP contribution in [0.25, 0.3) is 11.1 Å². The van der Waals surface area contributed by atoms with Gasteiger partial charge in [-0.2, -0.15) is 0 Å². The maximum Gasteiger partial charge on any atom is 0.341 e. The molecule has 230 valence electrons. The molecule has 2 N–H and O–H groups in total. The predicted molar refractivity (Wildman–Crippen MR) is 160 cm³/mol. The molecule has 0 saturated carbocycles. The first-order chi connectivity index (χ1) is 19.4. The van der Waals surface area contributed by atoms with E-state index < -0.39 is 35.2 Å². The average Bonchev–Trinajstić information content (AvgIpc) is 3.03. The Hall–Kier alpha value is -2.84. The molecular formula is C34H46F2N2O4. The standard InChI is InChI=1S/C34H46F2N2O4/c1-31(2)17-15-23(19-33(5,6)37-31)41-29(39)22-11-9-21(10-12-22)25-13-14-26(28(36)27(25)35)30(40)42-24-16-18-32(3,4)38-34(7,8)20-24/h9-14,23-24,37-38H,15-20H2,1-8H3. The number of benzene rings is 2. The molecule has 2 saturated heterocycles. The normalized spacial score (nSPS) is 24.6. The number of halogens is 2. The zero-order chi connectivity index (χ0) is 31.1. The summed E-state index contributed by atoms with van der Waals surface area (Å²) in [6, 6.07) is 8.82. The maximum absolute atomic E-state index is 15.2. The van der Waals surface area contributed by atoms with E-state index in [0.29, 0.717) is 30.4 Å². The number of ether oxygens (including phenoxy) is 2. The van der Waals surface area contributed by atoms with E-state index in [2.05, 4.69) is 52.2 Å². The largest absolute Gasteiger partial charge is 0.459 e. The summed E-state index contributed by atoms with van der Waals surface area (Å²) in [5.74, 6) is -3.72. The van der Waals surface area contributed by atoms with E-state index in [0.717, 1.165) is 19.3 Å². The van der Waals surface area contributed by atoms with Gasteiger partial charge in [-0.05, 0) is 105 Å². The number of carbonyl (C=O) groups excluding carboxylic acids is 2. The van der Waals surface area contributed by atoms with Crippen molar-refractivity contribution >= 4 is 11.9 Å². The van der Waals surface area contributed by atoms with Crippen LogP contribution < -0.4 is 10.6 Å². The predicted octanol–water partition coefficient (Wildman–Crippen LogP) is 7.34. The zero-order valence-corrected chi connectivity index (χ0v) is 26.3. The van der Waals surface area contributed by atoms with Gasteiger partial charge in [0, 0.05) is 40.6 Å². The molecule has 0 radical (unpaired) electrons. The van der Waals surface area contributed by atoms with Gasteiger partial charge in [0.1, 0.15) is 12.2 Å². The first-order valence-corrected chi connectivity index (χ1v) is 14.9. The van der Waals surface area contributed by atoms with Gasteiger partial charge in [0.25, 0.3) is 0 Å². The summed E-state index contributed by atoms with van der Waals surface area (Å²) in [5.41, 5.74) is -0.386. The average molecular weight is 585 g/mol. The molecule has 2 aliphatic heterocycles. The molecule has 2 heterocycles. The second-order valence-corrected chi connectivity index (χ2v) is 14.7. The minimum absolute atomic E-state index is 0.00987. The summed E-state index contributed by atoms with van der Waals surface area (Å²) in [6.45, 7) is 16.8. The van der Waals surface area contributed by atoms with Crippen molar-refractivity contribution in [1.82, 2.24) is 10.6 Å². The highest BCUT2D eigenvalue weighted by atomic mass is 19.2. The summed E-state index contributed by atoms with van der Waals surface area (Å²) in [7, 11) is 0. The number of nitrogens with one attached hydrogen (secondary N) is 2. The molecule has 0 spiro atoms. The topological polar surface area (TPSA) is 76.7 Å². The Balaban J connectivity index is 1.44. The van der Waals surface area contributed by atoms with Crippen molar-refractivity contribution in [3.05, 3.63) is 59.2 Å². The minimum Gasteiger partial charge on any atom is -0.459 e. The van der Waals surface area contributed by atoms with E-state index in [1.54, 1.807) is 24.3 Å². The van der Waals surface area contributed by atoms with Gasteiger partial charge in [-0.15, -0.1) is 0 Å². The van der Waals surface area contributed by atoms with Gasteiger partial charge >= 0.3 is 11.9 Å². The van der Waals surface area contributed by atoms with Crippen LogP contribution >= 0.6 is 0 Å². The van der Waals surface area contributed by atoms with E-state index in [-0.39, 0.29) is 33.8 Å². The van der Waals surface area contributed by atoms with Crippen LogP contribution in [0, 0.1) is 11.6 Å². The van der Waals surface area contributed by atoms with Gasteiger partial charge in [-0.3, -0.25) is 0 Å². The van der Waals surface area contributed by atoms with Gasteiger partial charge in [-0.25, -0.2) is 18.4 Å². The first kappa shape index (κ1) is 32.1. The van der Waals surface area contributed by atoms with E-state index in [1.807, 2.05) is 13.8 Å². The lowest BCUT2D eigenvalue weighted by atomic mass is 9.96. The van der Waals surface area contributed by atoms with E-state index >= 15 is 8.78 Å². The molecule has 2 fully saturated rings. The number of hydrogen-bond donors (Lipinski definition) is 2. The smallest absolute Gasteiger partial charge is 0.341 e. The number of esters is 2. The van der Waals surface area contributed by atoms with Crippen molar-refractivity contribution in [2.75, 3.05) is 0 Å². The molecule has 2 aliphatic rings. The lowest BCUT2D eigenvalue weighted by Gasteiger charge is -2.34. The lowest BCUT2D eigenvalue weighted by Crippen LogP contribution is -2.51. The minimum atomic E-state index is -1.25. The molecule has 8 heteroatoms. The van der Waals surface area contributed by atoms with Gasteiger partial charge in [-0.1, -0.05) is 18.2 Å². The zero-order valence-electron chi connectivity index (χ0n) is 26.3. The Labute approximate surface area is 248 Å². The summed E-state index contributed by atoms with van der Waals surface area (Å²) >= 11 is 0. The third-order valence-electron chi connectivity index (χ3n) is 8.29. The highest BCUT2D eigenvalue weighted by Gasteiger charge is 2.37. The van der Waals surface area contributed by atoms with Crippen LogP contribution in [-0.4, -0.2) is 46.3 Å². The van der Waals surface area contributed by atoms with Crippen molar-refractivity contribution in [2.45, 2.75) is 128 Å². The molecule has 42 heavy (non-hydrogen) atoms. The molecule has 0 amide bonds. The van der Waals surface area contributed by atoms with Gasteiger partial charge in [0.15, 0.2) is 11.6 Å². The monoisotopic (exact) mass is 584 g/mol. The summed E-state index contributed by atoms with van der Waals surface area (Å²) in [4.78, 5) is 25.8. The Morgan fingerprint density at radius 2 is 1.14 bits per heavy atom. The first-order valence-electron chi connectivity index (χ1n) is 14.9. The van der Waals surface area contributed by atoms with Crippen LogP contribution in [0.4, 0.5) is 8.78 Å². The van der Waals surface area contributed by atoms with Crippen LogP contribution in [0.2, 0.25) is 0 Å². The van der Waals surface area contributed by atoms with Crippen molar-refractivity contribution in [3.63, 3.8) is 0 Å². The van der Waals surface area contributed by atoms with Crippen molar-refractivity contribution in [3.8, 4) is 11.1 Å². The van der Waals surface area contributed by atoms with Gasteiger partial charge in [0.2, 0.25) is 0 Å². The van der Waals surface area contributed by atoms with Gasteiger partial charge < -0.3 is 20.1 Å². The third kappa shape index (κ3) is 7.95. The van der Waals surface area contributed by atoms with Crippen molar-refractivity contribution in [2.24, 2.45) is 0 Å². The number of carbonyl (C=O) groups is 2. The molecule has 2 aromatic rings. The molecule has 2 atom stereocenters. The van der Waals surface area contributed by atoms with Crippen LogP contribution in [0.15, 0.2) is 36.4 Å². The fraction of sp³-hybridized carbons (Fsp3) is 0.588. The summed E-state index contributed by atoms with van der Waals surface area (Å²) in [5, 5.41) is 7.19. The van der Waals surface area contributed by atoms with Crippen LogP contribution in [-0.2, 0) is 9.47 Å². The molecule has 2 aromatic carbocycles. The Kier molecular flexibility index (Phi) is 8.92. The number of hydrogen-bond acceptors (Lipinski definition) is 6. The second kappa shape index (κ2) is 11.7. The second-order valence-electron chi connectivity index (χ2n) is 14.7. The molecule has 0 aliphatic carbocycles. The van der Waals surface area contributed by atoms with E-state index in [4.69, 9.17) is 9.47 Å². The van der Waals surface area contributed by atoms with Crippen molar-refractivity contribution in [1.29, 1.82) is 0 Å². The Morgan fingerprint density at radius 1 is 0.667 bits per heavy atom. The maximum atomic E-state index is 15.2. The highest BCUT2D eigenvalue weighted by Crippen LogP contribution is 2.32. The summed E-state index contributed by atoms with van der Waals surface area (Å²) < 4.78 is 41.9. The molecule has 6 nitrogen and oxygen atoms in total. The molecule has 0 aromatic heterocycles. The highest BCUT2D eigenvalue weighted by molar-refractivity contribution is 5.91. The SMILES string of the molecule is CC1(C)CCC(OC(=O)c2ccc(-c3ccc(C(=O)OC4CCC(C)(C)NC(C)(C)C4)c(F)c3F)cc2)CC(C)(C)N1. The van der Waals surface area contributed by atoms with Gasteiger partial charge in [0.05, 0.1) is 11.1 Å². The quantitative estimate of drug-likeness (QED) is 0.358. The Morgan fingerprint density at radius 3 is 1.64 bits per heavy atom. The number of rotatable bonds is 5. The third-order valence-corrected chi connectivity index (χ3v) is 8.29. The molecule has 4 rings (SSSR count). The van der Waals surface area contributed by atoms with Crippen molar-refractivity contribution < 1.29 is 27.8 Å². The fourth-order valence-electron chi connectivity index (χ4n) is 6.80. The fourth-order valence-corrected chi connectivity index (χ4v) is 6.80. The van der Waals surface area contributed by atoms with E-state index in [1.165, 1.54) is 12.1 Å². The molecular weight excluding hydrogens is 538 g/mol. The Bertz CT molecular complexity index is 1320. The molecule has 2 unspecified atom stereocenters. The van der Waals surface area contributed by atoms with Crippen LogP contribution in [0.5, 0.6) is 0 Å². The van der Waals surface area contributed by atoms with E-state index in [9.17, 15) is 9.59 Å². The summed E-state index contributed by atoms with van der Waals surface area (Å²) in [6.07, 6.45) is 3.63. The van der Waals surface area contributed by atoms with Crippen LogP contribution in [0.1, 0.15) is 115 Å². The van der Waals surface area contributed by atoms with Crippen LogP contribution in [0.3, 0.4) is 0 Å².